The van der Waals surface area contributed by atoms with Gasteiger partial charge in [0.05, 0.1) is 0 Å². The lowest BCUT2D eigenvalue weighted by Crippen LogP contribution is -2.28. The summed E-state index contributed by atoms with van der Waals surface area (Å²) in [5, 5.41) is 6.13. The molecule has 0 aliphatic carbocycles. The van der Waals surface area contributed by atoms with Gasteiger partial charge in [0.15, 0.2) is 5.69 Å². The summed E-state index contributed by atoms with van der Waals surface area (Å²) in [6.45, 7) is 2.63. The van der Waals surface area contributed by atoms with Crippen LogP contribution < -0.4 is 5.32 Å². The van der Waals surface area contributed by atoms with Crippen LogP contribution in [0.2, 0.25) is 0 Å². The van der Waals surface area contributed by atoms with Crippen molar-refractivity contribution < 1.29 is 18.0 Å². The fraction of sp³-hybridized carbons (Fsp3) is 0.833. The molecule has 0 atom stereocenters. The lowest BCUT2D eigenvalue weighted by Gasteiger charge is -2.06. The minimum Gasteiger partial charge on any atom is -0.354 e. The third-order valence-electron chi connectivity index (χ3n) is 5.59. The Hall–Kier alpha value is -1.53. The Morgan fingerprint density at radius 2 is 1.29 bits per heavy atom. The van der Waals surface area contributed by atoms with Gasteiger partial charge in [-0.25, -0.2) is 0 Å². The maximum Gasteiger partial charge on any atom is 0.435 e. The Morgan fingerprint density at radius 1 is 0.839 bits per heavy atom. The van der Waals surface area contributed by atoms with E-state index in [0.717, 1.165) is 23.6 Å². The van der Waals surface area contributed by atoms with E-state index in [1.807, 2.05) is 0 Å². The number of alkyl halides is 3. The van der Waals surface area contributed by atoms with Crippen LogP contribution in [0.4, 0.5) is 13.2 Å². The van der Waals surface area contributed by atoms with Gasteiger partial charge < -0.3 is 5.32 Å². The number of hydrogen-bond acceptors (Lipinski definition) is 2. The molecule has 0 unspecified atom stereocenters. The molecule has 0 spiro atoms. The molecule has 0 saturated carbocycles. The van der Waals surface area contributed by atoms with Gasteiger partial charge in [0, 0.05) is 12.7 Å². The third kappa shape index (κ3) is 15.0. The van der Waals surface area contributed by atoms with Crippen molar-refractivity contribution in [2.45, 2.75) is 122 Å². The van der Waals surface area contributed by atoms with E-state index in [1.54, 1.807) is 0 Å². The van der Waals surface area contributed by atoms with E-state index in [1.165, 1.54) is 96.1 Å². The van der Waals surface area contributed by atoms with E-state index in [4.69, 9.17) is 0 Å². The van der Waals surface area contributed by atoms with Gasteiger partial charge in [-0.05, 0) is 12.5 Å². The molecule has 31 heavy (non-hydrogen) atoms. The van der Waals surface area contributed by atoms with E-state index in [0.29, 0.717) is 6.54 Å². The summed E-state index contributed by atoms with van der Waals surface area (Å²) in [7, 11) is 0. The smallest absolute Gasteiger partial charge is 0.354 e. The average Bonchev–Trinajstić information content (AvgIpc) is 3.19. The number of nitrogens with one attached hydrogen (secondary N) is 1. The molecule has 1 heterocycles. The number of carbonyl (C=O) groups excluding carboxylic acids is 1. The van der Waals surface area contributed by atoms with Gasteiger partial charge in [0.25, 0.3) is 0 Å². The van der Waals surface area contributed by atoms with Crippen molar-refractivity contribution in [1.82, 2.24) is 15.1 Å². The first kappa shape index (κ1) is 27.5. The zero-order valence-corrected chi connectivity index (χ0v) is 19.3. The van der Waals surface area contributed by atoms with Crippen LogP contribution in [0.3, 0.4) is 0 Å². The molecule has 0 aliphatic heterocycles. The Bertz CT molecular complexity index is 573. The van der Waals surface area contributed by atoms with Gasteiger partial charge in [-0.3, -0.25) is 9.48 Å². The predicted molar refractivity (Wildman–Crippen MR) is 120 cm³/mol. The molecule has 0 fully saturated rings. The minimum atomic E-state index is -4.48. The normalized spacial score (nSPS) is 11.7. The van der Waals surface area contributed by atoms with Crippen LogP contribution in [0.1, 0.15) is 115 Å². The lowest BCUT2D eigenvalue weighted by atomic mass is 10.0. The molecule has 180 valence electrons. The lowest BCUT2D eigenvalue weighted by molar-refractivity contribution is -0.141. The summed E-state index contributed by atoms with van der Waals surface area (Å²) >= 11 is 0. The molecule has 0 radical (unpaired) electrons. The molecule has 1 aromatic rings. The number of halogens is 3. The second-order valence-electron chi connectivity index (χ2n) is 8.55. The zero-order chi connectivity index (χ0) is 22.8. The van der Waals surface area contributed by atoms with Crippen LogP contribution in [0, 0.1) is 0 Å². The summed E-state index contributed by atoms with van der Waals surface area (Å²) in [5.74, 6) is -0.308. The van der Waals surface area contributed by atoms with E-state index >= 15 is 0 Å². The Kier molecular flexibility index (Phi) is 15.2. The molecule has 1 aromatic heterocycles. The molecule has 1 N–H and O–H groups in total. The fourth-order valence-corrected chi connectivity index (χ4v) is 3.70. The van der Waals surface area contributed by atoms with Crippen molar-refractivity contribution in [3.8, 4) is 0 Å². The maximum absolute atomic E-state index is 12.5. The van der Waals surface area contributed by atoms with Crippen LogP contribution >= 0.6 is 0 Å². The van der Waals surface area contributed by atoms with Crippen LogP contribution in [0.15, 0.2) is 12.3 Å². The van der Waals surface area contributed by atoms with E-state index in [2.05, 4.69) is 17.3 Å². The number of unbranched alkanes of at least 4 members (excludes halogenated alkanes) is 15. The summed E-state index contributed by atoms with van der Waals surface area (Å²) < 4.78 is 38.5. The highest BCUT2D eigenvalue weighted by Gasteiger charge is 2.33. The largest absolute Gasteiger partial charge is 0.435 e. The zero-order valence-electron chi connectivity index (χ0n) is 19.3. The van der Waals surface area contributed by atoms with Crippen molar-refractivity contribution in [2.75, 3.05) is 6.54 Å². The van der Waals surface area contributed by atoms with Gasteiger partial charge in [-0.2, -0.15) is 18.3 Å². The molecule has 7 heteroatoms. The van der Waals surface area contributed by atoms with Crippen molar-refractivity contribution in [1.29, 1.82) is 0 Å². The fourth-order valence-electron chi connectivity index (χ4n) is 3.70. The maximum atomic E-state index is 12.5. The molecule has 1 rings (SSSR count). The van der Waals surface area contributed by atoms with Gasteiger partial charge in [0.1, 0.15) is 6.54 Å². The second-order valence-corrected chi connectivity index (χ2v) is 8.55. The molecule has 1 amide bonds. The Labute approximate surface area is 186 Å². The van der Waals surface area contributed by atoms with Crippen molar-refractivity contribution in [3.05, 3.63) is 18.0 Å². The predicted octanol–water partition coefficient (Wildman–Crippen LogP) is 7.28. The summed E-state index contributed by atoms with van der Waals surface area (Å²) in [6.07, 6.45) is 17.5. The number of nitrogens with zero attached hydrogens (tertiary/aromatic N) is 2. The first-order valence-corrected chi connectivity index (χ1v) is 12.3. The number of aromatic nitrogens is 2. The Balaban J connectivity index is 1.84. The van der Waals surface area contributed by atoms with E-state index in [9.17, 15) is 18.0 Å². The number of hydrogen-bond donors (Lipinski definition) is 1. The number of rotatable bonds is 19. The minimum absolute atomic E-state index is 0.186. The van der Waals surface area contributed by atoms with Crippen molar-refractivity contribution in [3.63, 3.8) is 0 Å². The summed E-state index contributed by atoms with van der Waals surface area (Å²) in [6, 6.07) is 0.878. The highest BCUT2D eigenvalue weighted by Crippen LogP contribution is 2.27. The average molecular weight is 446 g/mol. The quantitative estimate of drug-likeness (QED) is 0.227. The molecule has 0 aliphatic rings. The van der Waals surface area contributed by atoms with Crippen LogP contribution in [0.25, 0.3) is 0 Å². The molecule has 4 nitrogen and oxygen atoms in total. The van der Waals surface area contributed by atoms with Gasteiger partial charge in [0.2, 0.25) is 5.91 Å². The number of carbonyl (C=O) groups is 1. The SMILES string of the molecule is CCCCCCCCCCCCCCCCCCNC(=O)Cn1ccc(C(F)(F)F)n1. The van der Waals surface area contributed by atoms with Crippen molar-refractivity contribution >= 4 is 5.91 Å². The summed E-state index contributed by atoms with van der Waals surface area (Å²) in [4.78, 5) is 11.8. The van der Waals surface area contributed by atoms with Crippen LogP contribution in [0.5, 0.6) is 0 Å². The van der Waals surface area contributed by atoms with Crippen molar-refractivity contribution in [2.24, 2.45) is 0 Å². The first-order valence-electron chi connectivity index (χ1n) is 12.3. The van der Waals surface area contributed by atoms with Gasteiger partial charge in [-0.1, -0.05) is 103 Å². The first-order chi connectivity index (χ1) is 14.9. The molecule has 0 aromatic carbocycles. The molecule has 0 saturated heterocycles. The van der Waals surface area contributed by atoms with Gasteiger partial charge in [-0.15, -0.1) is 0 Å². The van der Waals surface area contributed by atoms with Gasteiger partial charge >= 0.3 is 6.18 Å². The Morgan fingerprint density at radius 3 is 1.71 bits per heavy atom. The number of amides is 1. The van der Waals surface area contributed by atoms with E-state index < -0.39 is 11.9 Å². The molecular formula is C24H42F3N3O. The van der Waals surface area contributed by atoms with Crippen LogP contribution in [-0.4, -0.2) is 22.2 Å². The second kappa shape index (κ2) is 17.1. The highest BCUT2D eigenvalue weighted by atomic mass is 19.4. The highest BCUT2D eigenvalue weighted by molar-refractivity contribution is 5.75. The topological polar surface area (TPSA) is 46.9 Å². The van der Waals surface area contributed by atoms with E-state index in [-0.39, 0.29) is 12.5 Å². The monoisotopic (exact) mass is 445 g/mol. The molecular weight excluding hydrogens is 403 g/mol. The standard InChI is InChI=1S/C24H42F3N3O/c1-2-3-4-5-6-7-8-9-10-11-12-13-14-15-16-17-19-28-23(31)21-30-20-18-22(29-30)24(25,26)27/h18,20H,2-17,19,21H2,1H3,(H,28,31). The van der Waals surface area contributed by atoms with Crippen LogP contribution in [-0.2, 0) is 17.5 Å². The summed E-state index contributed by atoms with van der Waals surface area (Å²) in [5.41, 5.74) is -0.974. The third-order valence-corrected chi connectivity index (χ3v) is 5.59. The molecule has 0 bridgehead atoms.